The highest BCUT2D eigenvalue weighted by Crippen LogP contribution is 2.35. The average molecular weight is 416 g/mol. The van der Waals surface area contributed by atoms with Gasteiger partial charge in [0.15, 0.2) is 11.5 Å². The van der Waals surface area contributed by atoms with Crippen LogP contribution >= 0.6 is 0 Å². The fourth-order valence-corrected chi connectivity index (χ4v) is 3.45. The minimum atomic E-state index is -0.138. The lowest BCUT2D eigenvalue weighted by Crippen LogP contribution is -2.18. The molecule has 0 saturated carbocycles. The molecule has 0 aliphatic carbocycles. The maximum absolute atomic E-state index is 12.6. The molecule has 0 unspecified atom stereocenters. The lowest BCUT2D eigenvalue weighted by Gasteiger charge is -2.09. The van der Waals surface area contributed by atoms with Crippen molar-refractivity contribution in [1.82, 2.24) is 14.7 Å². The molecule has 8 heteroatoms. The highest BCUT2D eigenvalue weighted by atomic mass is 16.7. The molecule has 1 aliphatic rings. The van der Waals surface area contributed by atoms with Gasteiger partial charge in [-0.2, -0.15) is 4.98 Å². The third-order valence-electron chi connectivity index (χ3n) is 5.04. The Bertz CT molecular complexity index is 1240. The Morgan fingerprint density at radius 2 is 2.00 bits per heavy atom. The van der Waals surface area contributed by atoms with Crippen molar-refractivity contribution in [3.8, 4) is 34.5 Å². The number of benzene rings is 2. The van der Waals surface area contributed by atoms with E-state index in [4.69, 9.17) is 14.0 Å². The Hall–Kier alpha value is -4.07. The molecule has 2 aromatic heterocycles. The van der Waals surface area contributed by atoms with Crippen molar-refractivity contribution in [2.24, 2.45) is 0 Å². The van der Waals surface area contributed by atoms with Gasteiger partial charge in [0, 0.05) is 17.4 Å². The molecule has 0 fully saturated rings. The number of ether oxygens (including phenoxy) is 2. The van der Waals surface area contributed by atoms with Crippen molar-refractivity contribution < 1.29 is 18.8 Å². The fourth-order valence-electron chi connectivity index (χ4n) is 3.45. The quantitative estimate of drug-likeness (QED) is 0.508. The summed E-state index contributed by atoms with van der Waals surface area (Å²) in [6.07, 6.45) is 2.72. The summed E-state index contributed by atoms with van der Waals surface area (Å²) < 4.78 is 18.0. The number of amides is 1. The van der Waals surface area contributed by atoms with Gasteiger partial charge in [-0.25, -0.2) is 0 Å². The summed E-state index contributed by atoms with van der Waals surface area (Å²) >= 11 is 0. The van der Waals surface area contributed by atoms with Crippen LogP contribution in [0.4, 0.5) is 5.69 Å². The third-order valence-corrected chi connectivity index (χ3v) is 5.04. The number of hydrogen-bond acceptors (Lipinski definition) is 6. The first-order valence-electron chi connectivity index (χ1n) is 9.97. The van der Waals surface area contributed by atoms with Crippen LogP contribution in [0, 0.1) is 0 Å². The maximum Gasteiger partial charge on any atom is 0.274 e. The molecule has 0 bridgehead atoms. The largest absolute Gasteiger partial charge is 0.454 e. The summed E-state index contributed by atoms with van der Waals surface area (Å²) in [7, 11) is 0. The Morgan fingerprint density at radius 3 is 2.90 bits per heavy atom. The van der Waals surface area contributed by atoms with E-state index >= 15 is 0 Å². The number of aryl methyl sites for hydroxylation is 1. The second-order valence-electron chi connectivity index (χ2n) is 7.11. The molecule has 4 aromatic rings. The number of rotatable bonds is 6. The molecule has 0 radical (unpaired) electrons. The van der Waals surface area contributed by atoms with E-state index in [2.05, 4.69) is 22.4 Å². The number of nitrogens with zero attached hydrogens (tertiary/aromatic N) is 3. The van der Waals surface area contributed by atoms with E-state index < -0.39 is 0 Å². The second kappa shape index (κ2) is 7.98. The molecule has 2 aromatic carbocycles. The van der Waals surface area contributed by atoms with Crippen molar-refractivity contribution in [3.05, 3.63) is 66.4 Å². The van der Waals surface area contributed by atoms with Gasteiger partial charge >= 0.3 is 0 Å². The number of carbonyl (C=O) groups excluding carboxylic acids is 1. The van der Waals surface area contributed by atoms with Gasteiger partial charge < -0.3 is 23.9 Å². The molecule has 31 heavy (non-hydrogen) atoms. The molecule has 5 rings (SSSR count). The van der Waals surface area contributed by atoms with Crippen LogP contribution in [-0.2, 0) is 17.8 Å². The van der Waals surface area contributed by atoms with Gasteiger partial charge in [0.25, 0.3) is 5.89 Å². The van der Waals surface area contributed by atoms with Gasteiger partial charge in [-0.05, 0) is 54.4 Å². The molecule has 0 atom stereocenters. The predicted octanol–water partition coefficient (Wildman–Crippen LogP) is 4.13. The summed E-state index contributed by atoms with van der Waals surface area (Å²) in [4.78, 5) is 17.1. The van der Waals surface area contributed by atoms with Crippen molar-refractivity contribution in [2.45, 2.75) is 19.9 Å². The van der Waals surface area contributed by atoms with Gasteiger partial charge in [-0.15, -0.1) is 0 Å². The van der Waals surface area contributed by atoms with Crippen molar-refractivity contribution in [2.75, 3.05) is 12.1 Å². The number of nitrogens with one attached hydrogen (secondary N) is 1. The van der Waals surface area contributed by atoms with Crippen LogP contribution in [0.25, 0.3) is 23.0 Å². The van der Waals surface area contributed by atoms with E-state index in [0.29, 0.717) is 28.9 Å². The smallest absolute Gasteiger partial charge is 0.274 e. The molecule has 1 amide bonds. The van der Waals surface area contributed by atoms with Crippen LogP contribution in [0.1, 0.15) is 12.5 Å². The maximum atomic E-state index is 12.6. The first-order chi connectivity index (χ1) is 15.2. The molecular weight excluding hydrogens is 396 g/mol. The summed E-state index contributed by atoms with van der Waals surface area (Å²) in [6, 6.07) is 17.0. The Labute approximate surface area is 178 Å². The topological polar surface area (TPSA) is 91.4 Å². The second-order valence-corrected chi connectivity index (χ2v) is 7.11. The minimum absolute atomic E-state index is 0.125. The highest BCUT2D eigenvalue weighted by molar-refractivity contribution is 5.91. The van der Waals surface area contributed by atoms with Crippen LogP contribution in [-0.4, -0.2) is 27.4 Å². The predicted molar refractivity (Wildman–Crippen MR) is 114 cm³/mol. The third kappa shape index (κ3) is 3.87. The van der Waals surface area contributed by atoms with E-state index in [1.54, 1.807) is 4.57 Å². The average Bonchev–Trinajstić information content (AvgIpc) is 3.53. The summed E-state index contributed by atoms with van der Waals surface area (Å²) in [6.45, 7) is 2.41. The molecule has 3 heterocycles. The Kier molecular flexibility index (Phi) is 4.87. The number of carbonyl (C=O) groups is 1. The van der Waals surface area contributed by atoms with Crippen LogP contribution < -0.4 is 14.8 Å². The Morgan fingerprint density at radius 1 is 1.10 bits per heavy atom. The number of fused-ring (bicyclic) bond motifs is 1. The van der Waals surface area contributed by atoms with Crippen LogP contribution in [0.3, 0.4) is 0 Å². The standard InChI is InChI=1S/C23H20N4O4/c1-2-15-5-3-6-17(11-15)24-21(28)13-27-10-4-7-18(27)23-25-22(26-31-23)16-8-9-19-20(12-16)30-14-29-19/h3-12H,2,13-14H2,1H3,(H,24,28). The number of anilines is 1. The summed E-state index contributed by atoms with van der Waals surface area (Å²) in [5, 5.41) is 7.01. The zero-order valence-corrected chi connectivity index (χ0v) is 16.9. The van der Waals surface area contributed by atoms with Crippen LogP contribution in [0.5, 0.6) is 11.5 Å². The molecular formula is C23H20N4O4. The zero-order chi connectivity index (χ0) is 21.2. The van der Waals surface area contributed by atoms with Crippen molar-refractivity contribution in [3.63, 3.8) is 0 Å². The van der Waals surface area contributed by atoms with Crippen LogP contribution in [0.2, 0.25) is 0 Å². The Balaban J connectivity index is 1.33. The molecule has 0 saturated heterocycles. The first kappa shape index (κ1) is 18.9. The van der Waals surface area contributed by atoms with Crippen molar-refractivity contribution >= 4 is 11.6 Å². The van der Waals surface area contributed by atoms with E-state index in [-0.39, 0.29) is 19.2 Å². The summed E-state index contributed by atoms with van der Waals surface area (Å²) in [5.74, 6) is 1.97. The SMILES string of the molecule is CCc1cccc(NC(=O)Cn2cccc2-c2nc(-c3ccc4c(c3)OCO4)no2)c1. The highest BCUT2D eigenvalue weighted by Gasteiger charge is 2.19. The fraction of sp³-hybridized carbons (Fsp3) is 0.174. The summed E-state index contributed by atoms with van der Waals surface area (Å²) in [5.41, 5.74) is 3.37. The monoisotopic (exact) mass is 416 g/mol. The molecule has 1 aliphatic heterocycles. The molecule has 1 N–H and O–H groups in total. The van der Waals surface area contributed by atoms with Gasteiger partial charge in [0.1, 0.15) is 12.2 Å². The van der Waals surface area contributed by atoms with Crippen LogP contribution in [0.15, 0.2) is 65.3 Å². The van der Waals surface area contributed by atoms with Gasteiger partial charge in [-0.3, -0.25) is 4.79 Å². The van der Waals surface area contributed by atoms with E-state index in [0.717, 1.165) is 17.7 Å². The lowest BCUT2D eigenvalue weighted by molar-refractivity contribution is -0.116. The van der Waals surface area contributed by atoms with Crippen molar-refractivity contribution in [1.29, 1.82) is 0 Å². The zero-order valence-electron chi connectivity index (χ0n) is 16.9. The normalized spacial score (nSPS) is 12.2. The number of hydrogen-bond donors (Lipinski definition) is 1. The number of aromatic nitrogens is 3. The van der Waals surface area contributed by atoms with E-state index in [9.17, 15) is 4.79 Å². The van der Waals surface area contributed by atoms with Gasteiger partial charge in [0.2, 0.25) is 18.5 Å². The molecule has 156 valence electrons. The van der Waals surface area contributed by atoms with Gasteiger partial charge in [0.05, 0.1) is 0 Å². The molecule has 8 nitrogen and oxygen atoms in total. The van der Waals surface area contributed by atoms with E-state index in [1.807, 2.05) is 60.8 Å². The van der Waals surface area contributed by atoms with E-state index in [1.165, 1.54) is 5.56 Å². The minimum Gasteiger partial charge on any atom is -0.454 e. The molecule has 0 spiro atoms. The first-order valence-corrected chi connectivity index (χ1v) is 9.97. The van der Waals surface area contributed by atoms with Gasteiger partial charge in [-0.1, -0.05) is 24.2 Å². The lowest BCUT2D eigenvalue weighted by atomic mass is 10.1.